The Hall–Kier alpha value is -3.27. The third-order valence-electron chi connectivity index (χ3n) is 4.95. The molecule has 0 saturated carbocycles. The molecule has 1 aliphatic heterocycles. The van der Waals surface area contributed by atoms with E-state index in [0.29, 0.717) is 49.5 Å². The molecule has 1 fully saturated rings. The molecule has 0 aromatic heterocycles. The monoisotopic (exact) mass is 466 g/mol. The lowest BCUT2D eigenvalue weighted by Gasteiger charge is -2.27. The van der Waals surface area contributed by atoms with Crippen LogP contribution in [-0.4, -0.2) is 62.9 Å². The zero-order valence-electron chi connectivity index (χ0n) is 18.1. The summed E-state index contributed by atoms with van der Waals surface area (Å²) >= 11 is 0. The fourth-order valence-electron chi connectivity index (χ4n) is 3.31. The highest BCUT2D eigenvalue weighted by Crippen LogP contribution is 2.30. The number of amides is 2. The zero-order valence-corrected chi connectivity index (χ0v) is 18.1. The van der Waals surface area contributed by atoms with Gasteiger partial charge in [-0.2, -0.15) is 13.2 Å². The minimum Gasteiger partial charge on any atom is -0.493 e. The highest BCUT2D eigenvalue weighted by Gasteiger charge is 2.29. The lowest BCUT2D eigenvalue weighted by molar-refractivity contribution is -0.153. The molecule has 0 aliphatic carbocycles. The highest BCUT2D eigenvalue weighted by atomic mass is 19.4. The maximum atomic E-state index is 12.6. The number of nitrogens with one attached hydrogen (secondary N) is 1. The Morgan fingerprint density at radius 3 is 2.55 bits per heavy atom. The van der Waals surface area contributed by atoms with Gasteiger partial charge in [0.1, 0.15) is 0 Å². The van der Waals surface area contributed by atoms with Gasteiger partial charge in [-0.25, -0.2) is 0 Å². The number of rotatable bonds is 8. The number of hydrogen-bond acceptors (Lipinski definition) is 5. The van der Waals surface area contributed by atoms with Crippen LogP contribution in [-0.2, 0) is 16.0 Å². The van der Waals surface area contributed by atoms with Crippen LogP contribution in [0.2, 0.25) is 0 Å². The van der Waals surface area contributed by atoms with Gasteiger partial charge in [0.05, 0.1) is 20.3 Å². The quantitative estimate of drug-likeness (QED) is 0.642. The third-order valence-corrected chi connectivity index (χ3v) is 4.95. The molecular weight excluding hydrogens is 441 g/mol. The summed E-state index contributed by atoms with van der Waals surface area (Å²) in [5.74, 6) is -0.243. The van der Waals surface area contributed by atoms with Crippen molar-refractivity contribution >= 4 is 17.5 Å². The number of ether oxygens (including phenoxy) is 3. The second-order valence-corrected chi connectivity index (χ2v) is 7.42. The van der Waals surface area contributed by atoms with Gasteiger partial charge in [0.2, 0.25) is 5.91 Å². The standard InChI is InChI=1S/C23H25F3N2O5/c1-31-20-13-16(5-7-19(20)33-15-23(24,25)26)6-8-21(29)27-18-4-2-3-17(14-18)22(30)28-9-11-32-12-10-28/h2-5,7,13-14H,6,8-12,15H2,1H3,(H,27,29). The number of hydrogen-bond donors (Lipinski definition) is 1. The molecule has 1 N–H and O–H groups in total. The number of halogens is 3. The molecule has 0 atom stereocenters. The number of methoxy groups -OCH3 is 1. The van der Waals surface area contributed by atoms with E-state index in [1.54, 1.807) is 41.3 Å². The number of nitrogens with zero attached hydrogens (tertiary/aromatic N) is 1. The van der Waals surface area contributed by atoms with Gasteiger partial charge in [0.15, 0.2) is 18.1 Å². The summed E-state index contributed by atoms with van der Waals surface area (Å²) in [4.78, 5) is 26.7. The molecule has 178 valence electrons. The summed E-state index contributed by atoms with van der Waals surface area (Å²) < 4.78 is 52.2. The van der Waals surface area contributed by atoms with E-state index in [9.17, 15) is 22.8 Å². The molecule has 2 amide bonds. The van der Waals surface area contributed by atoms with E-state index in [2.05, 4.69) is 5.32 Å². The highest BCUT2D eigenvalue weighted by molar-refractivity contribution is 5.97. The number of benzene rings is 2. The Bertz CT molecular complexity index is 975. The van der Waals surface area contributed by atoms with Gasteiger partial charge in [-0.1, -0.05) is 12.1 Å². The largest absolute Gasteiger partial charge is 0.493 e. The first-order valence-corrected chi connectivity index (χ1v) is 10.4. The Balaban J connectivity index is 1.55. The molecule has 0 bridgehead atoms. The summed E-state index contributed by atoms with van der Waals surface area (Å²) in [5, 5.41) is 2.77. The second kappa shape index (κ2) is 11.0. The van der Waals surface area contributed by atoms with Crippen LogP contribution in [0.5, 0.6) is 11.5 Å². The number of morpholine rings is 1. The molecule has 0 radical (unpaired) electrons. The zero-order chi connectivity index (χ0) is 23.8. The summed E-state index contributed by atoms with van der Waals surface area (Å²) in [6.45, 7) is 0.640. The summed E-state index contributed by atoms with van der Waals surface area (Å²) in [6, 6.07) is 11.2. The summed E-state index contributed by atoms with van der Waals surface area (Å²) in [7, 11) is 1.33. The second-order valence-electron chi connectivity index (χ2n) is 7.42. The van der Waals surface area contributed by atoms with Gasteiger partial charge in [0, 0.05) is 30.8 Å². The number of aryl methyl sites for hydroxylation is 1. The van der Waals surface area contributed by atoms with Gasteiger partial charge in [-0.15, -0.1) is 0 Å². The van der Waals surface area contributed by atoms with E-state index in [-0.39, 0.29) is 29.7 Å². The van der Waals surface area contributed by atoms with Crippen molar-refractivity contribution in [3.8, 4) is 11.5 Å². The van der Waals surface area contributed by atoms with E-state index in [1.165, 1.54) is 13.2 Å². The Morgan fingerprint density at radius 1 is 1.09 bits per heavy atom. The molecule has 0 spiro atoms. The number of carbonyl (C=O) groups is 2. The van der Waals surface area contributed by atoms with Crippen molar-refractivity contribution in [2.24, 2.45) is 0 Å². The molecule has 1 heterocycles. The lowest BCUT2D eigenvalue weighted by atomic mass is 10.1. The van der Waals surface area contributed by atoms with Crippen LogP contribution in [0.15, 0.2) is 42.5 Å². The predicted octanol–water partition coefficient (Wildman–Crippen LogP) is 3.68. The first-order valence-electron chi connectivity index (χ1n) is 10.4. The molecule has 10 heteroatoms. The summed E-state index contributed by atoms with van der Waals surface area (Å²) in [6.07, 6.45) is -3.98. The topological polar surface area (TPSA) is 77.1 Å². The molecule has 1 saturated heterocycles. The Kier molecular flexibility index (Phi) is 8.16. The third kappa shape index (κ3) is 7.38. The van der Waals surface area contributed by atoms with Crippen LogP contribution in [0.1, 0.15) is 22.3 Å². The van der Waals surface area contributed by atoms with Gasteiger partial charge in [-0.3, -0.25) is 9.59 Å². The van der Waals surface area contributed by atoms with E-state index < -0.39 is 12.8 Å². The van der Waals surface area contributed by atoms with Crippen molar-refractivity contribution in [3.05, 3.63) is 53.6 Å². The molecule has 3 rings (SSSR count). The molecule has 2 aromatic carbocycles. The minimum atomic E-state index is -4.45. The van der Waals surface area contributed by atoms with Gasteiger partial charge >= 0.3 is 6.18 Å². The maximum Gasteiger partial charge on any atom is 0.422 e. The van der Waals surface area contributed by atoms with Gasteiger partial charge in [-0.05, 0) is 42.3 Å². The van der Waals surface area contributed by atoms with Crippen LogP contribution in [0.25, 0.3) is 0 Å². The minimum absolute atomic E-state index is 0.0234. The molecule has 2 aromatic rings. The number of carbonyl (C=O) groups excluding carboxylic acids is 2. The number of anilines is 1. The molecule has 0 unspecified atom stereocenters. The van der Waals surface area contributed by atoms with Crippen molar-refractivity contribution in [1.29, 1.82) is 0 Å². The van der Waals surface area contributed by atoms with Crippen LogP contribution in [0.4, 0.5) is 18.9 Å². The first-order chi connectivity index (χ1) is 15.7. The molecule has 1 aliphatic rings. The van der Waals surface area contributed by atoms with E-state index >= 15 is 0 Å². The lowest BCUT2D eigenvalue weighted by Crippen LogP contribution is -2.40. The molecule has 7 nitrogen and oxygen atoms in total. The van der Waals surface area contributed by atoms with Crippen molar-refractivity contribution in [2.45, 2.75) is 19.0 Å². The SMILES string of the molecule is COc1cc(CCC(=O)Nc2cccc(C(=O)N3CCOCC3)c2)ccc1OCC(F)(F)F. The van der Waals surface area contributed by atoms with E-state index in [4.69, 9.17) is 14.2 Å². The Labute approximate surface area is 189 Å². The van der Waals surface area contributed by atoms with Crippen molar-refractivity contribution < 1.29 is 37.0 Å². The molecule has 33 heavy (non-hydrogen) atoms. The fraction of sp³-hybridized carbons (Fsp3) is 0.391. The molecular formula is C23H25F3N2O5. The van der Waals surface area contributed by atoms with E-state index in [1.807, 2.05) is 0 Å². The van der Waals surface area contributed by atoms with Crippen LogP contribution >= 0.6 is 0 Å². The maximum absolute atomic E-state index is 12.6. The van der Waals surface area contributed by atoms with E-state index in [0.717, 1.165) is 0 Å². The average Bonchev–Trinajstić information content (AvgIpc) is 2.81. The van der Waals surface area contributed by atoms with Crippen LogP contribution < -0.4 is 14.8 Å². The van der Waals surface area contributed by atoms with Crippen molar-refractivity contribution in [1.82, 2.24) is 4.90 Å². The number of alkyl halides is 3. The fourth-order valence-corrected chi connectivity index (χ4v) is 3.31. The smallest absolute Gasteiger partial charge is 0.422 e. The van der Waals surface area contributed by atoms with Crippen molar-refractivity contribution in [3.63, 3.8) is 0 Å². The van der Waals surface area contributed by atoms with Gasteiger partial charge in [0.25, 0.3) is 5.91 Å². The average molecular weight is 466 g/mol. The predicted molar refractivity (Wildman–Crippen MR) is 115 cm³/mol. The normalized spacial score (nSPS) is 14.0. The summed E-state index contributed by atoms with van der Waals surface area (Å²) in [5.41, 5.74) is 1.69. The Morgan fingerprint density at radius 2 is 1.85 bits per heavy atom. The first kappa shape index (κ1) is 24.4. The van der Waals surface area contributed by atoms with Crippen LogP contribution in [0, 0.1) is 0 Å². The van der Waals surface area contributed by atoms with Gasteiger partial charge < -0.3 is 24.4 Å². The van der Waals surface area contributed by atoms with Crippen molar-refractivity contribution in [2.75, 3.05) is 45.3 Å². The van der Waals surface area contributed by atoms with Crippen LogP contribution in [0.3, 0.4) is 0 Å².